The Labute approximate surface area is 139 Å². The van der Waals surface area contributed by atoms with Gasteiger partial charge in [0, 0.05) is 24.9 Å². The molecule has 3 aromatic rings. The number of aromatic nitrogens is 2. The number of hydrogen-bond donors (Lipinski definition) is 1. The van der Waals surface area contributed by atoms with Crippen molar-refractivity contribution in [3.63, 3.8) is 0 Å². The first kappa shape index (κ1) is 15.7. The molecule has 3 rings (SSSR count). The van der Waals surface area contributed by atoms with Crippen LogP contribution in [-0.2, 0) is 13.2 Å². The van der Waals surface area contributed by atoms with Crippen LogP contribution in [0.3, 0.4) is 0 Å². The van der Waals surface area contributed by atoms with Crippen molar-refractivity contribution in [1.82, 2.24) is 15.5 Å². The van der Waals surface area contributed by atoms with E-state index in [4.69, 9.17) is 9.26 Å². The fraction of sp³-hybridized carbons (Fsp3) is 0.167. The molecule has 0 fully saturated rings. The average Bonchev–Trinajstić information content (AvgIpc) is 3.06. The summed E-state index contributed by atoms with van der Waals surface area (Å²) in [7, 11) is 0. The van der Waals surface area contributed by atoms with Crippen molar-refractivity contribution in [3.05, 3.63) is 77.3 Å². The largest absolute Gasteiger partial charge is 0.473 e. The third-order valence-electron chi connectivity index (χ3n) is 3.33. The summed E-state index contributed by atoms with van der Waals surface area (Å²) in [6.45, 7) is 2.56. The van der Waals surface area contributed by atoms with Crippen molar-refractivity contribution >= 4 is 5.91 Å². The van der Waals surface area contributed by atoms with Crippen LogP contribution < -0.4 is 10.1 Å². The van der Waals surface area contributed by atoms with Crippen LogP contribution in [0.15, 0.2) is 59.3 Å². The Morgan fingerprint density at radius 1 is 1.17 bits per heavy atom. The number of benzene rings is 1. The van der Waals surface area contributed by atoms with E-state index in [9.17, 15) is 4.79 Å². The minimum atomic E-state index is -0.306. The van der Waals surface area contributed by atoms with Gasteiger partial charge in [-0.1, -0.05) is 35.5 Å². The van der Waals surface area contributed by atoms with Gasteiger partial charge in [0.15, 0.2) is 0 Å². The smallest absolute Gasteiger partial charge is 0.290 e. The Morgan fingerprint density at radius 3 is 2.75 bits per heavy atom. The number of rotatable bonds is 6. The van der Waals surface area contributed by atoms with E-state index in [0.29, 0.717) is 24.7 Å². The van der Waals surface area contributed by atoms with Crippen LogP contribution in [-0.4, -0.2) is 16.0 Å². The maximum atomic E-state index is 11.9. The summed E-state index contributed by atoms with van der Waals surface area (Å²) in [5, 5.41) is 6.47. The molecular formula is C18H17N3O3. The molecule has 6 nitrogen and oxygen atoms in total. The van der Waals surface area contributed by atoms with E-state index >= 15 is 0 Å². The molecule has 2 heterocycles. The lowest BCUT2D eigenvalue weighted by molar-refractivity contribution is 0.0914. The highest BCUT2D eigenvalue weighted by Gasteiger charge is 2.11. The van der Waals surface area contributed by atoms with Crippen molar-refractivity contribution in [2.75, 3.05) is 0 Å². The van der Waals surface area contributed by atoms with E-state index < -0.39 is 0 Å². The molecule has 0 unspecified atom stereocenters. The van der Waals surface area contributed by atoms with Crippen LogP contribution in [0.25, 0.3) is 0 Å². The van der Waals surface area contributed by atoms with Crippen molar-refractivity contribution in [2.24, 2.45) is 0 Å². The Bertz CT molecular complexity index is 815. The lowest BCUT2D eigenvalue weighted by Gasteiger charge is -2.07. The molecule has 0 aliphatic rings. The second kappa shape index (κ2) is 7.41. The number of amides is 1. The van der Waals surface area contributed by atoms with E-state index in [-0.39, 0.29) is 11.7 Å². The number of ether oxygens (including phenoxy) is 1. The summed E-state index contributed by atoms with van der Waals surface area (Å²) in [5.74, 6) is 0.405. The summed E-state index contributed by atoms with van der Waals surface area (Å²) < 4.78 is 10.6. The van der Waals surface area contributed by atoms with E-state index in [1.807, 2.05) is 36.4 Å². The van der Waals surface area contributed by atoms with Crippen LogP contribution in [0.4, 0.5) is 0 Å². The van der Waals surface area contributed by atoms with Gasteiger partial charge in [-0.05, 0) is 24.1 Å². The Balaban J connectivity index is 1.56. The molecule has 0 bridgehead atoms. The highest BCUT2D eigenvalue weighted by atomic mass is 16.5. The minimum absolute atomic E-state index is 0.196. The molecule has 0 saturated heterocycles. The molecule has 1 amide bonds. The van der Waals surface area contributed by atoms with E-state index in [0.717, 1.165) is 11.1 Å². The molecule has 0 atom stereocenters. The summed E-state index contributed by atoms with van der Waals surface area (Å²) >= 11 is 0. The maximum Gasteiger partial charge on any atom is 0.290 e. The van der Waals surface area contributed by atoms with Crippen LogP contribution in [0, 0.1) is 6.92 Å². The zero-order valence-corrected chi connectivity index (χ0v) is 13.2. The summed E-state index contributed by atoms with van der Waals surface area (Å²) in [5.41, 5.74) is 2.62. The van der Waals surface area contributed by atoms with Crippen molar-refractivity contribution < 1.29 is 14.1 Å². The molecule has 1 N–H and O–H groups in total. The monoisotopic (exact) mass is 323 g/mol. The van der Waals surface area contributed by atoms with Gasteiger partial charge in [-0.3, -0.25) is 4.79 Å². The van der Waals surface area contributed by atoms with Crippen LogP contribution >= 0.6 is 0 Å². The number of aryl methyl sites for hydroxylation is 1. The zero-order valence-electron chi connectivity index (χ0n) is 13.2. The predicted octanol–water partition coefficient (Wildman–Crippen LogP) is 2.89. The molecule has 6 heteroatoms. The maximum absolute atomic E-state index is 11.9. The highest BCUT2D eigenvalue weighted by Crippen LogP contribution is 2.12. The van der Waals surface area contributed by atoms with Gasteiger partial charge < -0.3 is 14.6 Å². The van der Waals surface area contributed by atoms with Gasteiger partial charge in [-0.15, -0.1) is 0 Å². The SMILES string of the molecule is Cc1cc(C(=O)NCc2ccnc(OCc3ccccc3)c2)on1. The van der Waals surface area contributed by atoms with Gasteiger partial charge in [0.2, 0.25) is 11.6 Å². The predicted molar refractivity (Wildman–Crippen MR) is 87.4 cm³/mol. The summed E-state index contributed by atoms with van der Waals surface area (Å²) in [6, 6.07) is 15.1. The molecule has 0 aliphatic carbocycles. The second-order valence-electron chi connectivity index (χ2n) is 5.29. The van der Waals surface area contributed by atoms with Gasteiger partial charge in [-0.2, -0.15) is 0 Å². The number of hydrogen-bond acceptors (Lipinski definition) is 5. The topological polar surface area (TPSA) is 77.2 Å². The fourth-order valence-corrected chi connectivity index (χ4v) is 2.11. The first-order valence-corrected chi connectivity index (χ1v) is 7.54. The number of nitrogens with one attached hydrogen (secondary N) is 1. The van der Waals surface area contributed by atoms with Crippen LogP contribution in [0.5, 0.6) is 5.88 Å². The van der Waals surface area contributed by atoms with Crippen molar-refractivity contribution in [3.8, 4) is 5.88 Å². The quantitative estimate of drug-likeness (QED) is 0.755. The van der Waals surface area contributed by atoms with Gasteiger partial charge in [-0.25, -0.2) is 4.98 Å². The standard InChI is InChI=1S/C18H17N3O3/c1-13-9-16(24-21-13)18(22)20-11-15-7-8-19-17(10-15)23-12-14-5-3-2-4-6-14/h2-10H,11-12H2,1H3,(H,20,22). The first-order chi connectivity index (χ1) is 11.7. The molecule has 1 aromatic carbocycles. The van der Waals surface area contributed by atoms with Crippen LogP contribution in [0.2, 0.25) is 0 Å². The first-order valence-electron chi connectivity index (χ1n) is 7.54. The van der Waals surface area contributed by atoms with Crippen molar-refractivity contribution in [2.45, 2.75) is 20.1 Å². The van der Waals surface area contributed by atoms with Gasteiger partial charge in [0.25, 0.3) is 5.91 Å². The molecule has 122 valence electrons. The van der Waals surface area contributed by atoms with Gasteiger partial charge >= 0.3 is 0 Å². The van der Waals surface area contributed by atoms with E-state index in [1.165, 1.54) is 0 Å². The molecule has 0 aliphatic heterocycles. The summed E-state index contributed by atoms with van der Waals surface area (Å²) in [6.07, 6.45) is 1.65. The second-order valence-corrected chi connectivity index (χ2v) is 5.29. The van der Waals surface area contributed by atoms with Gasteiger partial charge in [0.05, 0.1) is 5.69 Å². The van der Waals surface area contributed by atoms with Crippen molar-refractivity contribution in [1.29, 1.82) is 0 Å². The summed E-state index contributed by atoms with van der Waals surface area (Å²) in [4.78, 5) is 16.1. The minimum Gasteiger partial charge on any atom is -0.473 e. The third kappa shape index (κ3) is 4.19. The Kier molecular flexibility index (Phi) is 4.86. The molecule has 0 radical (unpaired) electrons. The van der Waals surface area contributed by atoms with Gasteiger partial charge in [0.1, 0.15) is 6.61 Å². The lowest BCUT2D eigenvalue weighted by Crippen LogP contribution is -2.22. The Morgan fingerprint density at radius 2 is 2.00 bits per heavy atom. The number of carbonyl (C=O) groups excluding carboxylic acids is 1. The number of carbonyl (C=O) groups is 1. The Hall–Kier alpha value is -3.15. The molecule has 0 spiro atoms. The van der Waals surface area contributed by atoms with Crippen LogP contribution in [0.1, 0.15) is 27.4 Å². The lowest BCUT2D eigenvalue weighted by atomic mass is 10.2. The highest BCUT2D eigenvalue weighted by molar-refractivity contribution is 5.91. The van der Waals surface area contributed by atoms with E-state index in [2.05, 4.69) is 15.5 Å². The number of pyridine rings is 1. The molecule has 24 heavy (non-hydrogen) atoms. The third-order valence-corrected chi connectivity index (χ3v) is 3.33. The number of nitrogens with zero attached hydrogens (tertiary/aromatic N) is 2. The average molecular weight is 323 g/mol. The van der Waals surface area contributed by atoms with E-state index in [1.54, 1.807) is 25.3 Å². The molecule has 2 aromatic heterocycles. The fourth-order valence-electron chi connectivity index (χ4n) is 2.11. The zero-order chi connectivity index (χ0) is 16.8. The molecular weight excluding hydrogens is 306 g/mol. The normalized spacial score (nSPS) is 10.4. The molecule has 0 saturated carbocycles.